The van der Waals surface area contributed by atoms with Gasteiger partial charge in [0.15, 0.2) is 5.65 Å². The zero-order valence-corrected chi connectivity index (χ0v) is 17.7. The molecule has 1 N–H and O–H groups in total. The number of carbonyl (C=O) groups excluding carboxylic acids is 1. The Morgan fingerprint density at radius 3 is 2.90 bits per heavy atom. The van der Waals surface area contributed by atoms with E-state index < -0.39 is 0 Å². The van der Waals surface area contributed by atoms with Crippen LogP contribution in [0.15, 0.2) is 36.5 Å². The summed E-state index contributed by atoms with van der Waals surface area (Å²) in [6, 6.07) is 9.16. The van der Waals surface area contributed by atoms with Gasteiger partial charge in [-0.2, -0.15) is 0 Å². The van der Waals surface area contributed by atoms with Crippen LogP contribution in [0.25, 0.3) is 5.65 Å². The molecule has 30 heavy (non-hydrogen) atoms. The second-order valence-corrected chi connectivity index (χ2v) is 7.69. The molecule has 0 spiro atoms. The Labute approximate surface area is 179 Å². The fourth-order valence-corrected chi connectivity index (χ4v) is 3.95. The van der Waals surface area contributed by atoms with Crippen LogP contribution in [-0.4, -0.2) is 47.8 Å². The third kappa shape index (κ3) is 4.14. The van der Waals surface area contributed by atoms with Crippen molar-refractivity contribution in [3.63, 3.8) is 0 Å². The molecular weight excluding hydrogens is 406 g/mol. The van der Waals surface area contributed by atoms with Crippen LogP contribution in [0.5, 0.6) is 11.5 Å². The van der Waals surface area contributed by atoms with Crippen LogP contribution in [0.1, 0.15) is 18.4 Å². The van der Waals surface area contributed by atoms with E-state index in [0.717, 1.165) is 36.3 Å². The summed E-state index contributed by atoms with van der Waals surface area (Å²) in [4.78, 5) is 15.0. The second-order valence-electron chi connectivity index (χ2n) is 7.26. The molecule has 0 unspecified atom stereocenters. The molecule has 1 aliphatic heterocycles. The van der Waals surface area contributed by atoms with Gasteiger partial charge >= 0.3 is 0 Å². The number of carbonyl (C=O) groups is 1. The molecular formula is C21H24ClN5O3. The van der Waals surface area contributed by atoms with Crippen LogP contribution >= 0.6 is 11.6 Å². The number of anilines is 1. The quantitative estimate of drug-likeness (QED) is 0.648. The number of pyridine rings is 1. The minimum Gasteiger partial charge on any atom is -0.497 e. The molecule has 1 amide bonds. The molecule has 0 bridgehead atoms. The van der Waals surface area contributed by atoms with Crippen molar-refractivity contribution in [2.45, 2.75) is 19.4 Å². The number of methoxy groups -OCH3 is 2. The summed E-state index contributed by atoms with van der Waals surface area (Å²) in [5.74, 6) is 2.02. The van der Waals surface area contributed by atoms with Gasteiger partial charge in [0.2, 0.25) is 11.9 Å². The molecule has 0 aliphatic carbocycles. The lowest BCUT2D eigenvalue weighted by Gasteiger charge is -2.32. The molecule has 0 radical (unpaired) electrons. The number of hydrogen-bond donors (Lipinski definition) is 1. The number of ether oxygens (including phenoxy) is 2. The number of benzene rings is 1. The Kier molecular flexibility index (Phi) is 5.94. The normalized spacial score (nSPS) is 16.5. The Morgan fingerprint density at radius 2 is 2.10 bits per heavy atom. The highest BCUT2D eigenvalue weighted by Gasteiger charge is 2.28. The van der Waals surface area contributed by atoms with E-state index >= 15 is 0 Å². The van der Waals surface area contributed by atoms with Crippen molar-refractivity contribution >= 4 is 29.1 Å². The molecule has 1 aromatic carbocycles. The third-order valence-electron chi connectivity index (χ3n) is 5.36. The van der Waals surface area contributed by atoms with Gasteiger partial charge in [-0.15, -0.1) is 10.2 Å². The molecule has 3 aromatic rings. The summed E-state index contributed by atoms with van der Waals surface area (Å²) in [6.45, 7) is 1.77. The number of aromatic nitrogens is 3. The minimum atomic E-state index is -0.137. The van der Waals surface area contributed by atoms with Gasteiger partial charge in [-0.1, -0.05) is 11.6 Å². The van der Waals surface area contributed by atoms with Gasteiger partial charge in [0.1, 0.15) is 11.5 Å². The van der Waals surface area contributed by atoms with E-state index in [0.29, 0.717) is 29.8 Å². The number of fused-ring (bicyclic) bond motifs is 1. The van der Waals surface area contributed by atoms with Crippen molar-refractivity contribution in [1.82, 2.24) is 19.9 Å². The Balaban J connectivity index is 1.44. The van der Waals surface area contributed by atoms with E-state index in [-0.39, 0.29) is 11.8 Å². The van der Waals surface area contributed by atoms with Gasteiger partial charge in [0.25, 0.3) is 0 Å². The van der Waals surface area contributed by atoms with E-state index in [2.05, 4.69) is 20.4 Å². The minimum absolute atomic E-state index is 0.0106. The average Bonchev–Trinajstić information content (AvgIpc) is 3.20. The van der Waals surface area contributed by atoms with Crippen LogP contribution < -0.4 is 19.7 Å². The summed E-state index contributed by atoms with van der Waals surface area (Å²) in [7, 11) is 3.23. The average molecular weight is 430 g/mol. The van der Waals surface area contributed by atoms with Gasteiger partial charge in [0, 0.05) is 31.4 Å². The smallest absolute Gasteiger partial charge is 0.231 e. The van der Waals surface area contributed by atoms with Crippen molar-refractivity contribution in [1.29, 1.82) is 0 Å². The van der Waals surface area contributed by atoms with Crippen LogP contribution in [0.3, 0.4) is 0 Å². The van der Waals surface area contributed by atoms with E-state index in [1.54, 1.807) is 26.5 Å². The van der Waals surface area contributed by atoms with Crippen molar-refractivity contribution in [2.24, 2.45) is 5.92 Å². The van der Waals surface area contributed by atoms with E-state index in [4.69, 9.17) is 21.1 Å². The predicted octanol–water partition coefficient (Wildman–Crippen LogP) is 2.93. The summed E-state index contributed by atoms with van der Waals surface area (Å²) in [5.41, 5.74) is 1.60. The van der Waals surface area contributed by atoms with Crippen LogP contribution in [-0.2, 0) is 11.3 Å². The number of rotatable bonds is 6. The lowest BCUT2D eigenvalue weighted by molar-refractivity contribution is -0.125. The van der Waals surface area contributed by atoms with Gasteiger partial charge < -0.3 is 19.7 Å². The largest absolute Gasteiger partial charge is 0.497 e. The fourth-order valence-electron chi connectivity index (χ4n) is 3.79. The number of nitrogens with zero attached hydrogens (tertiary/aromatic N) is 4. The standard InChI is InChI=1S/C21H24ClN5O3/c1-29-17-6-7-18(30-2)15(10-17)11-23-20(28)14-4-3-9-26(12-14)21-25-24-19-8-5-16(22)13-27(19)21/h5-8,10,13-14H,3-4,9,11-12H2,1-2H3,(H,23,28)/t14-/m1/s1. The van der Waals surface area contributed by atoms with Crippen LogP contribution in [0.4, 0.5) is 5.95 Å². The van der Waals surface area contributed by atoms with Gasteiger partial charge in [0.05, 0.1) is 25.2 Å². The van der Waals surface area contributed by atoms with Gasteiger partial charge in [-0.25, -0.2) is 0 Å². The lowest BCUT2D eigenvalue weighted by Crippen LogP contribution is -2.43. The van der Waals surface area contributed by atoms with Crippen molar-refractivity contribution in [3.05, 3.63) is 47.1 Å². The first kappa shape index (κ1) is 20.3. The molecule has 8 nitrogen and oxygen atoms in total. The highest BCUT2D eigenvalue weighted by Crippen LogP contribution is 2.26. The number of amides is 1. The summed E-state index contributed by atoms with van der Waals surface area (Å²) >= 11 is 6.13. The van der Waals surface area contributed by atoms with Crippen molar-refractivity contribution < 1.29 is 14.3 Å². The number of hydrogen-bond acceptors (Lipinski definition) is 6. The number of nitrogens with one attached hydrogen (secondary N) is 1. The molecule has 158 valence electrons. The third-order valence-corrected chi connectivity index (χ3v) is 5.59. The maximum Gasteiger partial charge on any atom is 0.231 e. The van der Waals surface area contributed by atoms with Crippen LogP contribution in [0, 0.1) is 5.92 Å². The first-order valence-corrected chi connectivity index (χ1v) is 10.2. The SMILES string of the molecule is COc1ccc(OC)c(CNC(=O)[C@@H]2CCCN(c3nnc4ccc(Cl)cn34)C2)c1. The summed E-state index contributed by atoms with van der Waals surface area (Å²) in [5, 5.41) is 12.2. The molecule has 1 atom stereocenters. The molecule has 3 heterocycles. The molecule has 0 saturated carbocycles. The first-order valence-electron chi connectivity index (χ1n) is 9.83. The van der Waals surface area contributed by atoms with Crippen molar-refractivity contribution in [2.75, 3.05) is 32.2 Å². The van der Waals surface area contributed by atoms with Gasteiger partial charge in [-0.3, -0.25) is 9.20 Å². The molecule has 2 aromatic heterocycles. The van der Waals surface area contributed by atoms with E-state index in [1.165, 1.54) is 0 Å². The molecule has 1 aliphatic rings. The topological polar surface area (TPSA) is 81.0 Å². The first-order chi connectivity index (χ1) is 14.6. The fraction of sp³-hybridized carbons (Fsp3) is 0.381. The maximum absolute atomic E-state index is 12.9. The van der Waals surface area contributed by atoms with E-state index in [1.807, 2.05) is 28.7 Å². The van der Waals surface area contributed by atoms with E-state index in [9.17, 15) is 4.79 Å². The Morgan fingerprint density at radius 1 is 1.23 bits per heavy atom. The monoisotopic (exact) mass is 429 g/mol. The van der Waals surface area contributed by atoms with Crippen LogP contribution in [0.2, 0.25) is 5.02 Å². The Hall–Kier alpha value is -3.00. The highest BCUT2D eigenvalue weighted by atomic mass is 35.5. The maximum atomic E-state index is 12.9. The lowest BCUT2D eigenvalue weighted by atomic mass is 9.97. The molecule has 1 saturated heterocycles. The predicted molar refractivity (Wildman–Crippen MR) is 114 cm³/mol. The highest BCUT2D eigenvalue weighted by molar-refractivity contribution is 6.30. The number of piperidine rings is 1. The Bertz CT molecular complexity index is 1050. The molecule has 1 fully saturated rings. The summed E-state index contributed by atoms with van der Waals surface area (Å²) in [6.07, 6.45) is 3.52. The number of halogens is 1. The van der Waals surface area contributed by atoms with Crippen molar-refractivity contribution in [3.8, 4) is 11.5 Å². The zero-order valence-electron chi connectivity index (χ0n) is 17.0. The molecule has 9 heteroatoms. The second kappa shape index (κ2) is 8.79. The molecule has 4 rings (SSSR count). The van der Waals surface area contributed by atoms with Gasteiger partial charge in [-0.05, 0) is 43.2 Å². The zero-order chi connectivity index (χ0) is 21.1. The summed E-state index contributed by atoms with van der Waals surface area (Å²) < 4.78 is 12.5.